The summed E-state index contributed by atoms with van der Waals surface area (Å²) in [5.74, 6) is -0.203. The van der Waals surface area contributed by atoms with Crippen molar-refractivity contribution >= 4 is 17.5 Å². The predicted molar refractivity (Wildman–Crippen MR) is 88.2 cm³/mol. The van der Waals surface area contributed by atoms with E-state index < -0.39 is 6.10 Å². The van der Waals surface area contributed by atoms with Crippen LogP contribution in [0.25, 0.3) is 5.69 Å². The van der Waals surface area contributed by atoms with Gasteiger partial charge in [-0.3, -0.25) is 4.79 Å². The van der Waals surface area contributed by atoms with Gasteiger partial charge in [-0.2, -0.15) is 5.10 Å². The number of aliphatic hydroxyl groups excluding tert-OH is 1. The number of hydrogen-bond acceptors (Lipinski definition) is 4. The number of methoxy groups -OCH3 is 1. The monoisotopic (exact) mass is 337 g/mol. The molecular formula is C16H20ClN3O3. The van der Waals surface area contributed by atoms with Gasteiger partial charge in [0.25, 0.3) is 5.91 Å². The zero-order valence-corrected chi connectivity index (χ0v) is 14.1. The molecule has 7 heteroatoms. The number of carbonyl (C=O) groups excluding carboxylic acids is 1. The number of benzene rings is 1. The molecule has 0 bridgehead atoms. The SMILES string of the molecule is COCC(O)CN(C)C(=O)c1cnn(-c2cccc(Cl)c2)c1C. The van der Waals surface area contributed by atoms with Gasteiger partial charge in [-0.1, -0.05) is 17.7 Å². The fraction of sp³-hybridized carbons (Fsp3) is 0.375. The lowest BCUT2D eigenvalue weighted by atomic mass is 10.2. The molecule has 23 heavy (non-hydrogen) atoms. The largest absolute Gasteiger partial charge is 0.389 e. The van der Waals surface area contributed by atoms with Gasteiger partial charge in [-0.25, -0.2) is 4.68 Å². The molecule has 124 valence electrons. The molecule has 1 atom stereocenters. The van der Waals surface area contributed by atoms with Crippen LogP contribution in [-0.4, -0.2) is 59.1 Å². The second-order valence-electron chi connectivity index (χ2n) is 5.33. The Balaban J connectivity index is 2.20. The highest BCUT2D eigenvalue weighted by Gasteiger charge is 2.20. The molecule has 0 saturated carbocycles. The van der Waals surface area contributed by atoms with Crippen LogP contribution in [-0.2, 0) is 4.74 Å². The number of ether oxygens (including phenoxy) is 1. The van der Waals surface area contributed by atoms with Gasteiger partial charge in [0.05, 0.1) is 35.9 Å². The van der Waals surface area contributed by atoms with Crippen molar-refractivity contribution in [1.82, 2.24) is 14.7 Å². The molecule has 0 fully saturated rings. The minimum atomic E-state index is -0.725. The summed E-state index contributed by atoms with van der Waals surface area (Å²) in [6.45, 7) is 2.19. The van der Waals surface area contributed by atoms with Crippen molar-refractivity contribution in [2.45, 2.75) is 13.0 Å². The van der Waals surface area contributed by atoms with Gasteiger partial charge < -0.3 is 14.7 Å². The zero-order chi connectivity index (χ0) is 17.0. The lowest BCUT2D eigenvalue weighted by molar-refractivity contribution is 0.0380. The number of likely N-dealkylation sites (N-methyl/N-ethyl adjacent to an activating group) is 1. The molecule has 1 amide bonds. The molecule has 0 spiro atoms. The Hall–Kier alpha value is -1.89. The molecular weight excluding hydrogens is 318 g/mol. The predicted octanol–water partition coefficient (Wildman–Crippen LogP) is 1.91. The van der Waals surface area contributed by atoms with Gasteiger partial charge in [0, 0.05) is 25.7 Å². The topological polar surface area (TPSA) is 67.6 Å². The number of halogens is 1. The van der Waals surface area contributed by atoms with Gasteiger partial charge in [0.15, 0.2) is 0 Å². The van der Waals surface area contributed by atoms with Crippen molar-refractivity contribution < 1.29 is 14.6 Å². The van der Waals surface area contributed by atoms with E-state index in [0.29, 0.717) is 16.3 Å². The molecule has 6 nitrogen and oxygen atoms in total. The van der Waals surface area contributed by atoms with Crippen LogP contribution in [0.5, 0.6) is 0 Å². The van der Waals surface area contributed by atoms with Gasteiger partial charge >= 0.3 is 0 Å². The van der Waals surface area contributed by atoms with Crippen LogP contribution in [0.3, 0.4) is 0 Å². The first kappa shape index (κ1) is 17.5. The van der Waals surface area contributed by atoms with E-state index in [1.165, 1.54) is 18.2 Å². The van der Waals surface area contributed by atoms with Gasteiger partial charge in [-0.15, -0.1) is 0 Å². The van der Waals surface area contributed by atoms with E-state index in [-0.39, 0.29) is 19.1 Å². The Morgan fingerprint density at radius 1 is 1.52 bits per heavy atom. The highest BCUT2D eigenvalue weighted by atomic mass is 35.5. The molecule has 1 unspecified atom stereocenters. The average Bonchev–Trinajstić information content (AvgIpc) is 2.88. The normalized spacial score (nSPS) is 12.2. The lowest BCUT2D eigenvalue weighted by Gasteiger charge is -2.20. The number of hydrogen-bond donors (Lipinski definition) is 1. The van der Waals surface area contributed by atoms with Crippen LogP contribution >= 0.6 is 11.6 Å². The molecule has 0 saturated heterocycles. The second-order valence-corrected chi connectivity index (χ2v) is 5.77. The highest BCUT2D eigenvalue weighted by Crippen LogP contribution is 2.18. The highest BCUT2D eigenvalue weighted by molar-refractivity contribution is 6.30. The van der Waals surface area contributed by atoms with Crippen molar-refractivity contribution in [3.8, 4) is 5.69 Å². The molecule has 0 aliphatic carbocycles. The molecule has 1 aromatic carbocycles. The Kier molecular flexibility index (Phi) is 5.76. The quantitative estimate of drug-likeness (QED) is 0.874. The average molecular weight is 338 g/mol. The zero-order valence-electron chi connectivity index (χ0n) is 13.4. The van der Waals surface area contributed by atoms with E-state index in [4.69, 9.17) is 16.3 Å². The smallest absolute Gasteiger partial charge is 0.257 e. The first-order valence-corrected chi connectivity index (χ1v) is 7.55. The number of nitrogens with zero attached hydrogens (tertiary/aromatic N) is 3. The fourth-order valence-electron chi connectivity index (χ4n) is 2.34. The molecule has 1 aromatic heterocycles. The fourth-order valence-corrected chi connectivity index (χ4v) is 2.52. The van der Waals surface area contributed by atoms with Gasteiger partial charge in [0.1, 0.15) is 0 Å². The van der Waals surface area contributed by atoms with E-state index in [0.717, 1.165) is 5.69 Å². The van der Waals surface area contributed by atoms with E-state index in [1.807, 2.05) is 19.1 Å². The molecule has 2 aromatic rings. The minimum Gasteiger partial charge on any atom is -0.389 e. The third kappa shape index (κ3) is 4.10. The summed E-state index contributed by atoms with van der Waals surface area (Å²) in [5, 5.41) is 14.6. The van der Waals surface area contributed by atoms with Crippen LogP contribution < -0.4 is 0 Å². The Morgan fingerprint density at radius 2 is 2.26 bits per heavy atom. The summed E-state index contributed by atoms with van der Waals surface area (Å²) in [6, 6.07) is 7.25. The van der Waals surface area contributed by atoms with Gasteiger partial charge in [-0.05, 0) is 25.1 Å². The van der Waals surface area contributed by atoms with Crippen LogP contribution in [0.2, 0.25) is 5.02 Å². The maximum Gasteiger partial charge on any atom is 0.257 e. The number of rotatable bonds is 6. The Labute approximate surface area is 140 Å². The van der Waals surface area contributed by atoms with Crippen molar-refractivity contribution in [3.63, 3.8) is 0 Å². The molecule has 1 N–H and O–H groups in total. The number of aromatic nitrogens is 2. The number of carbonyl (C=O) groups is 1. The van der Waals surface area contributed by atoms with Crippen molar-refractivity contribution in [3.05, 3.63) is 46.7 Å². The van der Waals surface area contributed by atoms with Crippen LogP contribution in [0, 0.1) is 6.92 Å². The molecule has 1 heterocycles. The first-order chi connectivity index (χ1) is 10.9. The molecule has 2 rings (SSSR count). The molecule has 0 aliphatic rings. The first-order valence-electron chi connectivity index (χ1n) is 7.17. The maximum absolute atomic E-state index is 12.5. The Bertz CT molecular complexity index is 687. The summed E-state index contributed by atoms with van der Waals surface area (Å²) in [5.41, 5.74) is 1.98. The molecule has 0 radical (unpaired) electrons. The summed E-state index contributed by atoms with van der Waals surface area (Å²) in [4.78, 5) is 14.0. The van der Waals surface area contributed by atoms with Crippen LogP contribution in [0.1, 0.15) is 16.1 Å². The maximum atomic E-state index is 12.5. The van der Waals surface area contributed by atoms with Gasteiger partial charge in [0.2, 0.25) is 0 Å². The summed E-state index contributed by atoms with van der Waals surface area (Å²) in [6.07, 6.45) is 0.801. The van der Waals surface area contributed by atoms with Crippen molar-refractivity contribution in [2.24, 2.45) is 0 Å². The third-order valence-corrected chi connectivity index (χ3v) is 3.72. The van der Waals surface area contributed by atoms with E-state index in [9.17, 15) is 9.90 Å². The van der Waals surface area contributed by atoms with E-state index in [2.05, 4.69) is 5.10 Å². The summed E-state index contributed by atoms with van der Waals surface area (Å²) in [7, 11) is 3.14. The van der Waals surface area contributed by atoms with Crippen molar-refractivity contribution in [2.75, 3.05) is 27.3 Å². The Morgan fingerprint density at radius 3 is 2.91 bits per heavy atom. The standard InChI is InChI=1S/C16H20ClN3O3/c1-11-15(16(22)19(2)9-14(21)10-23-3)8-18-20(11)13-6-4-5-12(17)7-13/h4-8,14,21H,9-10H2,1-3H3. The summed E-state index contributed by atoms with van der Waals surface area (Å²) >= 11 is 6.00. The molecule has 0 aliphatic heterocycles. The minimum absolute atomic E-state index is 0.179. The van der Waals surface area contributed by atoms with E-state index in [1.54, 1.807) is 23.9 Å². The van der Waals surface area contributed by atoms with Crippen molar-refractivity contribution in [1.29, 1.82) is 0 Å². The number of aliphatic hydroxyl groups is 1. The summed E-state index contributed by atoms with van der Waals surface area (Å²) < 4.78 is 6.54. The number of amides is 1. The second kappa shape index (κ2) is 7.59. The van der Waals surface area contributed by atoms with Crippen LogP contribution in [0.15, 0.2) is 30.5 Å². The lowest BCUT2D eigenvalue weighted by Crippen LogP contribution is -2.36. The van der Waals surface area contributed by atoms with Crippen LogP contribution in [0.4, 0.5) is 0 Å². The van der Waals surface area contributed by atoms with E-state index >= 15 is 0 Å². The third-order valence-electron chi connectivity index (χ3n) is 3.48.